The van der Waals surface area contributed by atoms with Crippen LogP contribution in [0.4, 0.5) is 4.39 Å². The molecule has 0 atom stereocenters. The van der Waals surface area contributed by atoms with E-state index in [-0.39, 0.29) is 16.0 Å². The smallest absolute Gasteiger partial charge is 0.264 e. The lowest BCUT2D eigenvalue weighted by Gasteiger charge is -2.15. The van der Waals surface area contributed by atoms with Gasteiger partial charge in [-0.1, -0.05) is 49.2 Å². The highest BCUT2D eigenvalue weighted by Gasteiger charge is 2.15. The number of nitrogens with zero attached hydrogens (tertiary/aromatic N) is 1. The van der Waals surface area contributed by atoms with Gasteiger partial charge < -0.3 is 0 Å². The minimum absolute atomic E-state index is 0.116. The molecule has 22 heavy (non-hydrogen) atoms. The number of pyridine rings is 1. The molecule has 0 aliphatic carbocycles. The zero-order chi connectivity index (χ0) is 15.7. The van der Waals surface area contributed by atoms with E-state index >= 15 is 0 Å². The molecule has 1 heterocycles. The molecule has 0 bridgehead atoms. The second-order valence-electron chi connectivity index (χ2n) is 5.19. The Labute approximate surface area is 132 Å². The van der Waals surface area contributed by atoms with Crippen LogP contribution in [0.25, 0.3) is 16.5 Å². The first-order chi connectivity index (χ1) is 10.6. The van der Waals surface area contributed by atoms with Crippen molar-refractivity contribution in [2.45, 2.75) is 19.8 Å². The molecule has 0 N–H and O–H groups in total. The molecule has 1 aromatic heterocycles. The summed E-state index contributed by atoms with van der Waals surface area (Å²) in [6, 6.07) is 14.2. The van der Waals surface area contributed by atoms with Crippen molar-refractivity contribution in [1.29, 1.82) is 0 Å². The van der Waals surface area contributed by atoms with E-state index in [1.807, 2.05) is 36.4 Å². The monoisotopic (exact) mass is 315 g/mol. The molecule has 3 aromatic rings. The van der Waals surface area contributed by atoms with Crippen LogP contribution < -0.4 is 5.56 Å². The van der Waals surface area contributed by atoms with Crippen LogP contribution in [0.3, 0.4) is 0 Å². The molecule has 3 rings (SSSR count). The highest BCUT2D eigenvalue weighted by Crippen LogP contribution is 2.25. The fourth-order valence-electron chi connectivity index (χ4n) is 2.69. The molecule has 0 aliphatic heterocycles. The van der Waals surface area contributed by atoms with E-state index in [0.29, 0.717) is 5.39 Å². The first-order valence-corrected chi connectivity index (χ1v) is 7.59. The Balaban J connectivity index is 2.43. The number of para-hydroxylation sites is 1. The van der Waals surface area contributed by atoms with E-state index in [1.54, 1.807) is 10.6 Å². The average molecular weight is 316 g/mol. The Morgan fingerprint density at radius 1 is 1.14 bits per heavy atom. The maximum atomic E-state index is 13.7. The van der Waals surface area contributed by atoms with Gasteiger partial charge in [-0.3, -0.25) is 9.36 Å². The lowest BCUT2D eigenvalue weighted by molar-refractivity contribution is 0.630. The largest absolute Gasteiger partial charge is 0.281 e. The molecule has 0 unspecified atom stereocenters. The third kappa shape index (κ3) is 2.42. The number of hydrogen-bond donors (Lipinski definition) is 0. The Kier molecular flexibility index (Phi) is 3.99. The molecule has 0 fully saturated rings. The van der Waals surface area contributed by atoms with Gasteiger partial charge in [-0.15, -0.1) is 0 Å². The number of fused-ring (bicyclic) bond motifs is 1. The van der Waals surface area contributed by atoms with Gasteiger partial charge in [0.05, 0.1) is 10.4 Å². The summed E-state index contributed by atoms with van der Waals surface area (Å²) in [4.78, 5) is 12.9. The summed E-state index contributed by atoms with van der Waals surface area (Å²) in [5, 5.41) is 0.785. The number of aryl methyl sites for hydroxylation is 1. The Morgan fingerprint density at radius 3 is 2.55 bits per heavy atom. The minimum Gasteiger partial charge on any atom is -0.281 e. The van der Waals surface area contributed by atoms with Crippen LogP contribution in [0, 0.1) is 5.82 Å². The quantitative estimate of drug-likeness (QED) is 0.684. The van der Waals surface area contributed by atoms with Crippen LogP contribution in [-0.4, -0.2) is 4.57 Å². The summed E-state index contributed by atoms with van der Waals surface area (Å²) >= 11 is 6.03. The molecular formula is C18H15ClFNO. The van der Waals surface area contributed by atoms with Crippen molar-refractivity contribution in [3.8, 4) is 5.69 Å². The maximum Gasteiger partial charge on any atom is 0.264 e. The van der Waals surface area contributed by atoms with E-state index in [4.69, 9.17) is 11.6 Å². The molecule has 112 valence electrons. The van der Waals surface area contributed by atoms with Crippen LogP contribution in [-0.2, 0) is 6.42 Å². The second-order valence-corrected chi connectivity index (χ2v) is 5.57. The summed E-state index contributed by atoms with van der Waals surface area (Å²) in [6.45, 7) is 2.06. The Hall–Kier alpha value is -2.13. The lowest BCUT2D eigenvalue weighted by atomic mass is 10.1. The van der Waals surface area contributed by atoms with Crippen molar-refractivity contribution in [1.82, 2.24) is 4.57 Å². The fourth-order valence-corrected chi connectivity index (χ4v) is 2.94. The Bertz CT molecular complexity index is 887. The third-order valence-electron chi connectivity index (χ3n) is 3.67. The van der Waals surface area contributed by atoms with E-state index in [2.05, 4.69) is 6.92 Å². The van der Waals surface area contributed by atoms with Crippen LogP contribution in [0.1, 0.15) is 19.0 Å². The SMILES string of the molecule is CCCc1cc2ccc(F)c(Cl)c2c(=O)n1-c1ccccc1. The molecule has 0 spiro atoms. The molecule has 4 heteroatoms. The van der Waals surface area contributed by atoms with E-state index in [9.17, 15) is 9.18 Å². The van der Waals surface area contributed by atoms with Gasteiger partial charge in [0.15, 0.2) is 0 Å². The van der Waals surface area contributed by atoms with Crippen molar-refractivity contribution in [2.75, 3.05) is 0 Å². The predicted octanol–water partition coefficient (Wildman–Crippen LogP) is 4.74. The average Bonchev–Trinajstić information content (AvgIpc) is 2.52. The molecular weight excluding hydrogens is 301 g/mol. The third-order valence-corrected chi connectivity index (χ3v) is 4.04. The maximum absolute atomic E-state index is 13.7. The van der Waals surface area contributed by atoms with Gasteiger partial charge in [-0.05, 0) is 36.1 Å². The van der Waals surface area contributed by atoms with Crippen molar-refractivity contribution in [3.63, 3.8) is 0 Å². The van der Waals surface area contributed by atoms with E-state index in [1.165, 1.54) is 6.07 Å². The molecule has 0 saturated carbocycles. The molecule has 0 radical (unpaired) electrons. The minimum atomic E-state index is -0.575. The summed E-state index contributed by atoms with van der Waals surface area (Å²) in [5.74, 6) is -0.575. The highest BCUT2D eigenvalue weighted by atomic mass is 35.5. The van der Waals surface area contributed by atoms with Crippen molar-refractivity contribution >= 4 is 22.4 Å². The molecule has 2 aromatic carbocycles. The number of benzene rings is 2. The topological polar surface area (TPSA) is 22.0 Å². The molecule has 0 saturated heterocycles. The number of hydrogen-bond acceptors (Lipinski definition) is 1. The first kappa shape index (κ1) is 14.8. The standard InChI is InChI=1S/C18H15ClFNO/c1-2-6-14-11-12-9-10-15(20)17(19)16(12)18(22)21(14)13-7-4-3-5-8-13/h3-5,7-11H,2,6H2,1H3. The summed E-state index contributed by atoms with van der Waals surface area (Å²) in [5.41, 5.74) is 1.38. The molecule has 0 amide bonds. The number of aromatic nitrogens is 1. The van der Waals surface area contributed by atoms with Crippen LogP contribution in [0.2, 0.25) is 5.02 Å². The number of rotatable bonds is 3. The van der Waals surface area contributed by atoms with Gasteiger partial charge in [0.2, 0.25) is 0 Å². The second kappa shape index (κ2) is 5.93. The van der Waals surface area contributed by atoms with Gasteiger partial charge in [-0.25, -0.2) is 4.39 Å². The van der Waals surface area contributed by atoms with Crippen molar-refractivity contribution in [2.24, 2.45) is 0 Å². The fraction of sp³-hybridized carbons (Fsp3) is 0.167. The van der Waals surface area contributed by atoms with Gasteiger partial charge in [0.25, 0.3) is 5.56 Å². The van der Waals surface area contributed by atoms with Crippen LogP contribution >= 0.6 is 11.6 Å². The zero-order valence-corrected chi connectivity index (χ0v) is 12.9. The van der Waals surface area contributed by atoms with Crippen molar-refractivity contribution in [3.05, 3.63) is 75.4 Å². The van der Waals surface area contributed by atoms with Gasteiger partial charge in [0.1, 0.15) is 5.82 Å². The van der Waals surface area contributed by atoms with Crippen molar-refractivity contribution < 1.29 is 4.39 Å². The summed E-state index contributed by atoms with van der Waals surface area (Å²) in [6.07, 6.45) is 1.67. The normalized spacial score (nSPS) is 11.0. The summed E-state index contributed by atoms with van der Waals surface area (Å²) in [7, 11) is 0. The van der Waals surface area contributed by atoms with Gasteiger partial charge in [0, 0.05) is 11.4 Å². The summed E-state index contributed by atoms with van der Waals surface area (Å²) < 4.78 is 15.4. The molecule has 0 aliphatic rings. The highest BCUT2D eigenvalue weighted by molar-refractivity contribution is 6.35. The van der Waals surface area contributed by atoms with Gasteiger partial charge in [-0.2, -0.15) is 0 Å². The van der Waals surface area contributed by atoms with Gasteiger partial charge >= 0.3 is 0 Å². The number of halogens is 2. The zero-order valence-electron chi connectivity index (χ0n) is 12.1. The van der Waals surface area contributed by atoms with Crippen LogP contribution in [0.5, 0.6) is 0 Å². The van der Waals surface area contributed by atoms with E-state index in [0.717, 1.165) is 24.2 Å². The molecule has 2 nitrogen and oxygen atoms in total. The Morgan fingerprint density at radius 2 is 1.86 bits per heavy atom. The van der Waals surface area contributed by atoms with Crippen LogP contribution in [0.15, 0.2) is 53.3 Å². The lowest BCUT2D eigenvalue weighted by Crippen LogP contribution is -2.22. The predicted molar refractivity (Wildman–Crippen MR) is 88.5 cm³/mol. The van der Waals surface area contributed by atoms with E-state index < -0.39 is 5.82 Å². The first-order valence-electron chi connectivity index (χ1n) is 7.21.